The average molecular weight is 302 g/mol. The van der Waals surface area contributed by atoms with Crippen molar-refractivity contribution in [2.24, 2.45) is 5.73 Å². The molecule has 1 aliphatic heterocycles. The van der Waals surface area contributed by atoms with E-state index in [2.05, 4.69) is 10.2 Å². The van der Waals surface area contributed by atoms with Gasteiger partial charge >= 0.3 is 0 Å². The minimum atomic E-state index is -0.0988. The number of halogens is 2. The summed E-state index contributed by atoms with van der Waals surface area (Å²) < 4.78 is 0. The highest BCUT2D eigenvalue weighted by molar-refractivity contribution is 6.35. The van der Waals surface area contributed by atoms with Gasteiger partial charge in [0.05, 0.1) is 17.3 Å². The fraction of sp³-hybridized carbons (Fsp3) is 0.462. The van der Waals surface area contributed by atoms with Crippen LogP contribution in [-0.2, 0) is 4.79 Å². The van der Waals surface area contributed by atoms with Crippen molar-refractivity contribution in [1.29, 1.82) is 0 Å². The number of carbonyl (C=O) groups is 1. The van der Waals surface area contributed by atoms with E-state index < -0.39 is 0 Å². The second kappa shape index (κ2) is 6.57. The molecule has 1 unspecified atom stereocenters. The normalized spacial score (nSPS) is 20.3. The van der Waals surface area contributed by atoms with Crippen LogP contribution in [0.1, 0.15) is 12.8 Å². The van der Waals surface area contributed by atoms with E-state index in [1.165, 1.54) is 0 Å². The van der Waals surface area contributed by atoms with Gasteiger partial charge in [-0.05, 0) is 37.6 Å². The van der Waals surface area contributed by atoms with Gasteiger partial charge in [-0.2, -0.15) is 0 Å². The Bertz CT molecular complexity index is 467. The zero-order chi connectivity index (χ0) is 13.8. The molecule has 1 saturated heterocycles. The first-order chi connectivity index (χ1) is 9.04. The van der Waals surface area contributed by atoms with Crippen LogP contribution in [0.25, 0.3) is 0 Å². The summed E-state index contributed by atoms with van der Waals surface area (Å²) in [6.45, 7) is 2.00. The maximum absolute atomic E-state index is 12.0. The molecule has 3 N–H and O–H groups in total. The Morgan fingerprint density at radius 1 is 1.47 bits per heavy atom. The van der Waals surface area contributed by atoms with Gasteiger partial charge in [-0.3, -0.25) is 9.69 Å². The van der Waals surface area contributed by atoms with E-state index in [0.717, 1.165) is 25.9 Å². The number of amides is 1. The van der Waals surface area contributed by atoms with Crippen molar-refractivity contribution >= 4 is 34.8 Å². The molecule has 6 heteroatoms. The Hall–Kier alpha value is -0.810. The molecular formula is C13H17Cl2N3O. The highest BCUT2D eigenvalue weighted by Gasteiger charge is 2.19. The summed E-state index contributed by atoms with van der Waals surface area (Å²) in [6, 6.07) is 5.15. The van der Waals surface area contributed by atoms with E-state index in [9.17, 15) is 4.79 Å². The van der Waals surface area contributed by atoms with E-state index in [0.29, 0.717) is 22.3 Å². The van der Waals surface area contributed by atoms with E-state index in [-0.39, 0.29) is 11.9 Å². The number of hydrogen-bond donors (Lipinski definition) is 2. The molecule has 1 aromatic carbocycles. The molecule has 0 bridgehead atoms. The highest BCUT2D eigenvalue weighted by Crippen LogP contribution is 2.25. The summed E-state index contributed by atoms with van der Waals surface area (Å²) >= 11 is 11.9. The van der Waals surface area contributed by atoms with Crippen LogP contribution in [0.15, 0.2) is 18.2 Å². The van der Waals surface area contributed by atoms with Crippen LogP contribution < -0.4 is 11.1 Å². The predicted molar refractivity (Wildman–Crippen MR) is 78.7 cm³/mol. The average Bonchev–Trinajstić information content (AvgIpc) is 2.34. The monoisotopic (exact) mass is 301 g/mol. The lowest BCUT2D eigenvalue weighted by Crippen LogP contribution is -2.45. The predicted octanol–water partition coefficient (Wildman–Crippen LogP) is 2.36. The van der Waals surface area contributed by atoms with Crippen LogP contribution in [0.3, 0.4) is 0 Å². The van der Waals surface area contributed by atoms with Crippen molar-refractivity contribution in [2.75, 3.05) is 25.0 Å². The summed E-state index contributed by atoms with van der Waals surface area (Å²) in [6.07, 6.45) is 2.06. The molecule has 0 radical (unpaired) electrons. The second-order valence-electron chi connectivity index (χ2n) is 4.81. The van der Waals surface area contributed by atoms with Gasteiger partial charge in [-0.15, -0.1) is 0 Å². The van der Waals surface area contributed by atoms with Crippen LogP contribution in [0.2, 0.25) is 10.0 Å². The zero-order valence-corrected chi connectivity index (χ0v) is 12.0. The minimum Gasteiger partial charge on any atom is -0.327 e. The summed E-state index contributed by atoms with van der Waals surface area (Å²) in [5, 5.41) is 3.80. The van der Waals surface area contributed by atoms with E-state index in [1.54, 1.807) is 18.2 Å². The molecule has 1 aromatic rings. The number of carbonyl (C=O) groups excluding carboxylic acids is 1. The third kappa shape index (κ3) is 4.35. The molecule has 1 amide bonds. The smallest absolute Gasteiger partial charge is 0.238 e. The Labute approximate surface area is 122 Å². The van der Waals surface area contributed by atoms with Crippen LogP contribution in [-0.4, -0.2) is 36.5 Å². The third-order valence-corrected chi connectivity index (χ3v) is 3.68. The van der Waals surface area contributed by atoms with Gasteiger partial charge in [0.25, 0.3) is 0 Å². The van der Waals surface area contributed by atoms with Crippen LogP contribution in [0, 0.1) is 0 Å². The largest absolute Gasteiger partial charge is 0.327 e. The summed E-state index contributed by atoms with van der Waals surface area (Å²) in [7, 11) is 0. The Morgan fingerprint density at radius 3 is 3.00 bits per heavy atom. The van der Waals surface area contributed by atoms with Gasteiger partial charge in [-0.25, -0.2) is 0 Å². The number of anilines is 1. The summed E-state index contributed by atoms with van der Waals surface area (Å²) in [4.78, 5) is 14.0. The SMILES string of the molecule is NC1CCCN(CC(=O)Nc2cc(Cl)ccc2Cl)C1. The zero-order valence-electron chi connectivity index (χ0n) is 10.5. The fourth-order valence-corrected chi connectivity index (χ4v) is 2.56. The number of nitrogens with two attached hydrogens (primary N) is 1. The maximum Gasteiger partial charge on any atom is 0.238 e. The molecule has 4 nitrogen and oxygen atoms in total. The van der Waals surface area contributed by atoms with Gasteiger partial charge in [-0.1, -0.05) is 23.2 Å². The topological polar surface area (TPSA) is 58.4 Å². The molecule has 0 saturated carbocycles. The van der Waals surface area contributed by atoms with Crippen molar-refractivity contribution in [2.45, 2.75) is 18.9 Å². The van der Waals surface area contributed by atoms with Gasteiger partial charge in [0, 0.05) is 17.6 Å². The molecule has 0 spiro atoms. The molecule has 0 aromatic heterocycles. The second-order valence-corrected chi connectivity index (χ2v) is 5.65. The van der Waals surface area contributed by atoms with Gasteiger partial charge in [0.1, 0.15) is 0 Å². The number of nitrogens with zero attached hydrogens (tertiary/aromatic N) is 1. The van der Waals surface area contributed by atoms with Crippen LogP contribution in [0.4, 0.5) is 5.69 Å². The summed E-state index contributed by atoms with van der Waals surface area (Å²) in [5.41, 5.74) is 6.43. The van der Waals surface area contributed by atoms with E-state index in [1.807, 2.05) is 0 Å². The Kier molecular flexibility index (Phi) is 5.05. The molecule has 1 atom stereocenters. The lowest BCUT2D eigenvalue weighted by Gasteiger charge is -2.29. The van der Waals surface area contributed by atoms with Crippen molar-refractivity contribution < 1.29 is 4.79 Å². The van der Waals surface area contributed by atoms with Crippen molar-refractivity contribution in [3.63, 3.8) is 0 Å². The van der Waals surface area contributed by atoms with Gasteiger partial charge in [0.2, 0.25) is 5.91 Å². The van der Waals surface area contributed by atoms with Gasteiger partial charge < -0.3 is 11.1 Å². The number of benzene rings is 1. The molecule has 0 aliphatic carbocycles. The van der Waals surface area contributed by atoms with Crippen LogP contribution >= 0.6 is 23.2 Å². The molecule has 19 heavy (non-hydrogen) atoms. The maximum atomic E-state index is 12.0. The molecular weight excluding hydrogens is 285 g/mol. The number of piperidine rings is 1. The quantitative estimate of drug-likeness (QED) is 0.901. The number of likely N-dealkylation sites (tertiary alicyclic amines) is 1. The Morgan fingerprint density at radius 2 is 2.26 bits per heavy atom. The molecule has 1 fully saturated rings. The fourth-order valence-electron chi connectivity index (χ4n) is 2.22. The van der Waals surface area contributed by atoms with Crippen molar-refractivity contribution in [3.05, 3.63) is 28.2 Å². The molecule has 1 heterocycles. The van der Waals surface area contributed by atoms with Crippen molar-refractivity contribution in [1.82, 2.24) is 4.90 Å². The van der Waals surface area contributed by atoms with Crippen LogP contribution in [0.5, 0.6) is 0 Å². The Balaban J connectivity index is 1.92. The van der Waals surface area contributed by atoms with Crippen molar-refractivity contribution in [3.8, 4) is 0 Å². The third-order valence-electron chi connectivity index (χ3n) is 3.11. The lowest BCUT2D eigenvalue weighted by molar-refractivity contribution is -0.117. The summed E-state index contributed by atoms with van der Waals surface area (Å²) in [5.74, 6) is -0.0988. The number of rotatable bonds is 3. The minimum absolute atomic E-state index is 0.0988. The standard InChI is InChI=1S/C13H17Cl2N3O/c14-9-3-4-11(15)12(6-9)17-13(19)8-18-5-1-2-10(16)7-18/h3-4,6,10H,1-2,5,7-8,16H2,(H,17,19). The first-order valence-corrected chi connectivity index (χ1v) is 7.03. The van der Waals surface area contributed by atoms with E-state index >= 15 is 0 Å². The molecule has 104 valence electrons. The molecule has 2 rings (SSSR count). The highest BCUT2D eigenvalue weighted by atomic mass is 35.5. The molecule has 1 aliphatic rings. The first-order valence-electron chi connectivity index (χ1n) is 6.27. The number of hydrogen-bond acceptors (Lipinski definition) is 3. The lowest BCUT2D eigenvalue weighted by atomic mass is 10.1. The first kappa shape index (κ1) is 14.6. The van der Waals surface area contributed by atoms with E-state index in [4.69, 9.17) is 28.9 Å². The van der Waals surface area contributed by atoms with Gasteiger partial charge in [0.15, 0.2) is 0 Å². The number of nitrogens with one attached hydrogen (secondary N) is 1.